The molecule has 0 aliphatic carbocycles. The fourth-order valence-corrected chi connectivity index (χ4v) is 3.58. The number of benzene rings is 2. The van der Waals surface area contributed by atoms with Gasteiger partial charge in [0.05, 0.1) is 5.56 Å². The molecular weight excluding hydrogens is 428 g/mol. The molecule has 6 nitrogen and oxygen atoms in total. The number of hydrogen-bond donors (Lipinski definition) is 3. The van der Waals surface area contributed by atoms with Crippen LogP contribution in [0.15, 0.2) is 47.7 Å². The number of nitrogens with zero attached hydrogens (tertiary/aromatic N) is 1. The predicted octanol–water partition coefficient (Wildman–Crippen LogP) is 4.28. The lowest BCUT2D eigenvalue weighted by Crippen LogP contribution is -2.37. The number of carbonyl (C=O) groups excluding carboxylic acids is 2. The highest BCUT2D eigenvalue weighted by Crippen LogP contribution is 2.39. The van der Waals surface area contributed by atoms with Gasteiger partial charge in [-0.3, -0.25) is 9.59 Å². The van der Waals surface area contributed by atoms with Crippen LogP contribution >= 0.6 is 0 Å². The average Bonchev–Trinajstić information content (AvgIpc) is 2.72. The van der Waals surface area contributed by atoms with Crippen LogP contribution in [0.3, 0.4) is 0 Å². The molecule has 1 aliphatic rings. The molecule has 2 aromatic carbocycles. The minimum Gasteiger partial charge on any atom is -0.398 e. The average molecular weight is 448 g/mol. The van der Waals surface area contributed by atoms with E-state index in [0.717, 1.165) is 18.3 Å². The van der Waals surface area contributed by atoms with Crippen molar-refractivity contribution in [3.63, 3.8) is 0 Å². The number of halogens is 4. The minimum atomic E-state index is -4.73. The Kier molecular flexibility index (Phi) is 6.07. The number of alkyl halides is 3. The lowest BCUT2D eigenvalue weighted by Gasteiger charge is -2.32. The molecule has 1 atom stereocenters. The monoisotopic (exact) mass is 448 g/mol. The number of nitrogens with two attached hydrogens (primary N) is 1. The van der Waals surface area contributed by atoms with Crippen molar-refractivity contribution < 1.29 is 27.2 Å². The Morgan fingerprint density at radius 3 is 2.53 bits per heavy atom. The van der Waals surface area contributed by atoms with Gasteiger partial charge in [0.1, 0.15) is 5.82 Å². The molecule has 0 bridgehead atoms. The van der Waals surface area contributed by atoms with E-state index in [-0.39, 0.29) is 23.3 Å². The summed E-state index contributed by atoms with van der Waals surface area (Å²) in [5.74, 6) is -3.27. The quantitative estimate of drug-likeness (QED) is 0.370. The molecule has 4 N–H and O–H groups in total. The zero-order valence-electron chi connectivity index (χ0n) is 17.2. The number of carbonyl (C=O) groups is 2. The second kappa shape index (κ2) is 8.45. The maximum atomic E-state index is 14.7. The Morgan fingerprint density at radius 2 is 1.94 bits per heavy atom. The third-order valence-corrected chi connectivity index (χ3v) is 5.44. The summed E-state index contributed by atoms with van der Waals surface area (Å²) in [7, 11) is 1.46. The molecule has 1 aliphatic heterocycles. The highest BCUT2D eigenvalue weighted by atomic mass is 19.4. The van der Waals surface area contributed by atoms with Crippen LogP contribution in [-0.4, -0.2) is 30.0 Å². The predicted molar refractivity (Wildman–Crippen MR) is 112 cm³/mol. The molecule has 32 heavy (non-hydrogen) atoms. The van der Waals surface area contributed by atoms with Gasteiger partial charge in [-0.1, -0.05) is 6.07 Å². The summed E-state index contributed by atoms with van der Waals surface area (Å²) in [5.41, 5.74) is 5.74. The molecule has 0 fully saturated rings. The molecule has 2 amide bonds. The number of nitrogen functional groups attached to an aromatic ring is 1. The van der Waals surface area contributed by atoms with E-state index in [1.165, 1.54) is 37.1 Å². The first kappa shape index (κ1) is 23.0. The van der Waals surface area contributed by atoms with Crippen molar-refractivity contribution in [2.45, 2.75) is 25.4 Å². The van der Waals surface area contributed by atoms with Crippen molar-refractivity contribution in [2.75, 3.05) is 18.1 Å². The number of allylic oxidation sites excluding steroid dienone is 1. The lowest BCUT2D eigenvalue weighted by molar-refractivity contribution is -0.138. The Morgan fingerprint density at radius 1 is 1.25 bits per heavy atom. The molecule has 10 heteroatoms. The lowest BCUT2D eigenvalue weighted by atomic mass is 9.82. The molecule has 1 heterocycles. The summed E-state index contributed by atoms with van der Waals surface area (Å²) < 4.78 is 53.5. The van der Waals surface area contributed by atoms with Gasteiger partial charge in [-0.15, -0.1) is 0 Å². The van der Waals surface area contributed by atoms with Crippen LogP contribution < -0.4 is 11.1 Å². The van der Waals surface area contributed by atoms with Crippen LogP contribution in [-0.2, 0) is 15.8 Å². The van der Waals surface area contributed by atoms with Gasteiger partial charge in [0.2, 0.25) is 5.91 Å². The zero-order valence-corrected chi connectivity index (χ0v) is 17.2. The van der Waals surface area contributed by atoms with Gasteiger partial charge in [0.15, 0.2) is 0 Å². The van der Waals surface area contributed by atoms with Gasteiger partial charge in [0, 0.05) is 53.8 Å². The van der Waals surface area contributed by atoms with Crippen LogP contribution in [0.25, 0.3) is 0 Å². The zero-order chi connectivity index (χ0) is 23.8. The van der Waals surface area contributed by atoms with Gasteiger partial charge in [-0.2, -0.15) is 13.2 Å². The molecule has 0 saturated heterocycles. The minimum absolute atomic E-state index is 0.0546. The fraction of sp³-hybridized carbons (Fsp3) is 0.227. The Balaban J connectivity index is 2.03. The molecule has 2 aromatic rings. The third-order valence-electron chi connectivity index (χ3n) is 5.44. The van der Waals surface area contributed by atoms with E-state index in [1.807, 2.05) is 0 Å². The van der Waals surface area contributed by atoms with Crippen LogP contribution in [0, 0.1) is 11.2 Å². The summed E-state index contributed by atoms with van der Waals surface area (Å²) in [6, 6.07) is 6.53. The van der Waals surface area contributed by atoms with Crippen molar-refractivity contribution in [3.8, 4) is 0 Å². The van der Waals surface area contributed by atoms with E-state index in [1.54, 1.807) is 0 Å². The fourth-order valence-electron chi connectivity index (χ4n) is 3.58. The molecule has 0 saturated carbocycles. The van der Waals surface area contributed by atoms with Crippen LogP contribution in [0.4, 0.5) is 28.9 Å². The molecule has 0 aromatic heterocycles. The van der Waals surface area contributed by atoms with Crippen molar-refractivity contribution in [1.82, 2.24) is 4.90 Å². The van der Waals surface area contributed by atoms with E-state index in [2.05, 4.69) is 5.32 Å². The summed E-state index contributed by atoms with van der Waals surface area (Å²) in [6.07, 6.45) is -4.00. The van der Waals surface area contributed by atoms with E-state index in [9.17, 15) is 27.2 Å². The number of rotatable bonds is 4. The molecule has 0 spiro atoms. The number of anilines is 2. The molecule has 0 radical (unpaired) electrons. The first-order chi connectivity index (χ1) is 14.9. The molecule has 1 unspecified atom stereocenters. The van der Waals surface area contributed by atoms with Crippen molar-refractivity contribution in [2.24, 2.45) is 0 Å². The highest BCUT2D eigenvalue weighted by molar-refractivity contribution is 6.07. The van der Waals surface area contributed by atoms with E-state index in [4.69, 9.17) is 11.1 Å². The van der Waals surface area contributed by atoms with Crippen molar-refractivity contribution in [1.29, 1.82) is 5.41 Å². The number of nitrogens with one attached hydrogen (secondary N) is 2. The van der Waals surface area contributed by atoms with Gasteiger partial charge in [0.25, 0.3) is 5.91 Å². The summed E-state index contributed by atoms with van der Waals surface area (Å²) in [6.45, 7) is 1.51. The molecule has 168 valence electrons. The SMILES string of the molecule is CC1=C(C(=O)Nc2ccc(N)c(C=N)c2)C(c2ccc(C(F)(F)F)cc2F)CC(=O)N1C. The topological polar surface area (TPSA) is 99.3 Å². The first-order valence-electron chi connectivity index (χ1n) is 9.49. The maximum Gasteiger partial charge on any atom is 0.416 e. The van der Waals surface area contributed by atoms with Crippen molar-refractivity contribution in [3.05, 3.63) is 70.2 Å². The van der Waals surface area contributed by atoms with E-state index in [0.29, 0.717) is 23.0 Å². The summed E-state index contributed by atoms with van der Waals surface area (Å²) in [4.78, 5) is 26.8. The highest BCUT2D eigenvalue weighted by Gasteiger charge is 2.37. The molecular formula is C22H20F4N4O2. The number of amides is 2. The Hall–Kier alpha value is -3.69. The van der Waals surface area contributed by atoms with E-state index < -0.39 is 35.3 Å². The van der Waals surface area contributed by atoms with Gasteiger partial charge >= 0.3 is 6.18 Å². The van der Waals surface area contributed by atoms with E-state index >= 15 is 0 Å². The van der Waals surface area contributed by atoms with Gasteiger partial charge in [-0.05, 0) is 42.8 Å². The van der Waals surface area contributed by atoms with Crippen LogP contribution in [0.2, 0.25) is 0 Å². The largest absolute Gasteiger partial charge is 0.416 e. The summed E-state index contributed by atoms with van der Waals surface area (Å²) in [5, 5.41) is 10.0. The van der Waals surface area contributed by atoms with Crippen LogP contribution in [0.5, 0.6) is 0 Å². The number of hydrogen-bond acceptors (Lipinski definition) is 4. The molecule has 3 rings (SSSR count). The van der Waals surface area contributed by atoms with Gasteiger partial charge in [-0.25, -0.2) is 4.39 Å². The van der Waals surface area contributed by atoms with Crippen LogP contribution in [0.1, 0.15) is 36.0 Å². The maximum absolute atomic E-state index is 14.7. The summed E-state index contributed by atoms with van der Waals surface area (Å²) >= 11 is 0. The second-order valence-electron chi connectivity index (χ2n) is 7.38. The smallest absolute Gasteiger partial charge is 0.398 e. The second-order valence-corrected chi connectivity index (χ2v) is 7.38. The normalized spacial score (nSPS) is 16.9. The Bertz CT molecular complexity index is 1140. The van der Waals surface area contributed by atoms with Crippen molar-refractivity contribution >= 4 is 29.4 Å². The van der Waals surface area contributed by atoms with Gasteiger partial charge < -0.3 is 21.4 Å². The first-order valence-corrected chi connectivity index (χ1v) is 9.49. The Labute approximate surface area is 181 Å². The standard InChI is InChI=1S/C22H20F4N4O2/c1-11-20(21(32)29-14-4-6-18(28)12(7-14)10-27)16(9-19(31)30(11)2)15-5-3-13(8-17(15)23)22(24,25)26/h3-8,10,16,27H,9,28H2,1-2H3,(H,29,32). The third kappa shape index (κ3) is 4.34.